The molecule has 32 heavy (non-hydrogen) atoms. The van der Waals surface area contributed by atoms with Gasteiger partial charge in [0, 0.05) is 28.6 Å². The number of hydrogen-bond acceptors (Lipinski definition) is 5. The minimum atomic E-state index is -3.47. The number of carbonyl (C=O) groups excluding carboxylic acids is 1. The lowest BCUT2D eigenvalue weighted by molar-refractivity contribution is 0.0985. The van der Waals surface area contributed by atoms with Gasteiger partial charge in [0.05, 0.1) is 28.9 Å². The molecule has 0 fully saturated rings. The van der Waals surface area contributed by atoms with E-state index < -0.39 is 9.84 Å². The van der Waals surface area contributed by atoms with E-state index in [2.05, 4.69) is 11.0 Å². The van der Waals surface area contributed by atoms with Crippen LogP contribution in [-0.4, -0.2) is 30.4 Å². The second-order valence-corrected chi connectivity index (χ2v) is 10.1. The van der Waals surface area contributed by atoms with Crippen molar-refractivity contribution >= 4 is 32.8 Å². The standard InChI is InChI=1S/C24H19N3O3S2/c1-3-18-8-6-9-20(14-18)26(17-21-10-7-13-31-21)24(28)19-15-25-27(16-19)22-11-4-5-12-23(22)32(2,29)30/h1,4-16H,17H2,2H3. The van der Waals surface area contributed by atoms with Crippen LogP contribution in [0.25, 0.3) is 5.69 Å². The number of carbonyl (C=O) groups is 1. The Morgan fingerprint density at radius 1 is 1.16 bits per heavy atom. The summed E-state index contributed by atoms with van der Waals surface area (Å²) >= 11 is 1.55. The maximum Gasteiger partial charge on any atom is 0.261 e. The van der Waals surface area contributed by atoms with E-state index in [0.29, 0.717) is 29.0 Å². The number of terminal acetylenes is 1. The van der Waals surface area contributed by atoms with Crippen LogP contribution in [0.4, 0.5) is 5.69 Å². The molecule has 6 nitrogen and oxygen atoms in total. The van der Waals surface area contributed by atoms with Crippen LogP contribution in [0.1, 0.15) is 20.8 Å². The maximum absolute atomic E-state index is 13.5. The highest BCUT2D eigenvalue weighted by molar-refractivity contribution is 7.90. The van der Waals surface area contributed by atoms with Crippen LogP contribution in [0, 0.1) is 12.3 Å². The maximum atomic E-state index is 13.5. The van der Waals surface area contributed by atoms with Crippen LogP contribution in [-0.2, 0) is 16.4 Å². The molecular formula is C24H19N3O3S2. The van der Waals surface area contributed by atoms with Gasteiger partial charge in [0.2, 0.25) is 0 Å². The molecule has 8 heteroatoms. The third-order valence-electron chi connectivity index (χ3n) is 4.80. The SMILES string of the molecule is C#Cc1cccc(N(Cc2cccs2)C(=O)c2cnn(-c3ccccc3S(C)(=O)=O)c2)c1. The lowest BCUT2D eigenvalue weighted by Gasteiger charge is -2.22. The van der Waals surface area contributed by atoms with Gasteiger partial charge in [0.25, 0.3) is 5.91 Å². The zero-order valence-corrected chi connectivity index (χ0v) is 18.8. The van der Waals surface area contributed by atoms with Crippen molar-refractivity contribution in [1.82, 2.24) is 9.78 Å². The van der Waals surface area contributed by atoms with Crippen molar-refractivity contribution in [1.29, 1.82) is 0 Å². The zero-order chi connectivity index (χ0) is 22.7. The van der Waals surface area contributed by atoms with Crippen molar-refractivity contribution in [2.75, 3.05) is 11.2 Å². The van der Waals surface area contributed by atoms with Gasteiger partial charge in [-0.25, -0.2) is 13.1 Å². The molecule has 0 radical (unpaired) electrons. The van der Waals surface area contributed by atoms with Crippen molar-refractivity contribution in [2.45, 2.75) is 11.4 Å². The Bertz CT molecular complexity index is 1410. The van der Waals surface area contributed by atoms with Crippen LogP contribution in [0.3, 0.4) is 0 Å². The first-order chi connectivity index (χ1) is 15.4. The predicted molar refractivity (Wildman–Crippen MR) is 126 cm³/mol. The molecule has 0 atom stereocenters. The summed E-state index contributed by atoms with van der Waals surface area (Å²) < 4.78 is 25.7. The van der Waals surface area contributed by atoms with E-state index in [-0.39, 0.29) is 10.8 Å². The number of thiophene rings is 1. The molecule has 2 heterocycles. The minimum Gasteiger partial charge on any atom is -0.303 e. The van der Waals surface area contributed by atoms with Crippen molar-refractivity contribution in [3.8, 4) is 18.0 Å². The number of hydrogen-bond donors (Lipinski definition) is 0. The average molecular weight is 462 g/mol. The van der Waals surface area contributed by atoms with Gasteiger partial charge < -0.3 is 4.90 Å². The lowest BCUT2D eigenvalue weighted by Crippen LogP contribution is -2.30. The number of aromatic nitrogens is 2. The molecule has 0 saturated heterocycles. The van der Waals surface area contributed by atoms with Gasteiger partial charge in [0.15, 0.2) is 9.84 Å². The number of rotatable bonds is 6. The lowest BCUT2D eigenvalue weighted by atomic mass is 10.1. The molecule has 2 aromatic carbocycles. The van der Waals surface area contributed by atoms with E-state index in [0.717, 1.165) is 11.1 Å². The molecule has 0 aliphatic carbocycles. The van der Waals surface area contributed by atoms with Gasteiger partial charge in [-0.05, 0) is 41.8 Å². The second-order valence-electron chi connectivity index (χ2n) is 7.08. The Kier molecular flexibility index (Phi) is 5.95. The minimum absolute atomic E-state index is 0.138. The fraction of sp³-hybridized carbons (Fsp3) is 0.0833. The van der Waals surface area contributed by atoms with Gasteiger partial charge in [-0.2, -0.15) is 5.10 Å². The summed E-state index contributed by atoms with van der Waals surface area (Å²) in [6.07, 6.45) is 9.67. The average Bonchev–Trinajstić information content (AvgIpc) is 3.49. The summed E-state index contributed by atoms with van der Waals surface area (Å²) in [5.74, 6) is 2.33. The molecule has 0 N–H and O–H groups in total. The normalized spacial score (nSPS) is 11.1. The highest BCUT2D eigenvalue weighted by atomic mass is 32.2. The third kappa shape index (κ3) is 4.49. The van der Waals surface area contributed by atoms with Gasteiger partial charge in [-0.3, -0.25) is 4.79 Å². The highest BCUT2D eigenvalue weighted by Gasteiger charge is 2.22. The van der Waals surface area contributed by atoms with Gasteiger partial charge in [0.1, 0.15) is 0 Å². The quantitative estimate of drug-likeness (QED) is 0.404. The largest absolute Gasteiger partial charge is 0.303 e. The molecule has 2 aromatic heterocycles. The first-order valence-corrected chi connectivity index (χ1v) is 12.4. The van der Waals surface area contributed by atoms with Crippen LogP contribution < -0.4 is 4.90 Å². The summed E-state index contributed by atoms with van der Waals surface area (Å²) in [4.78, 5) is 16.3. The Morgan fingerprint density at radius 3 is 2.69 bits per heavy atom. The molecular weight excluding hydrogens is 442 g/mol. The first kappa shape index (κ1) is 21.6. The summed E-state index contributed by atoms with van der Waals surface area (Å²) in [6.45, 7) is 0.371. The zero-order valence-electron chi connectivity index (χ0n) is 17.2. The van der Waals surface area contributed by atoms with Crippen molar-refractivity contribution in [2.24, 2.45) is 0 Å². The summed E-state index contributed by atoms with van der Waals surface area (Å²) in [7, 11) is -3.47. The van der Waals surface area contributed by atoms with Crippen molar-refractivity contribution < 1.29 is 13.2 Å². The molecule has 160 valence electrons. The van der Waals surface area contributed by atoms with Gasteiger partial charge in [-0.1, -0.05) is 30.2 Å². The number of anilines is 1. The smallest absolute Gasteiger partial charge is 0.261 e. The molecule has 0 spiro atoms. The van der Waals surface area contributed by atoms with E-state index in [1.54, 1.807) is 52.8 Å². The molecule has 0 unspecified atom stereocenters. The fourth-order valence-corrected chi connectivity index (χ4v) is 4.84. The number of sulfone groups is 1. The molecule has 0 saturated carbocycles. The van der Waals surface area contributed by atoms with E-state index in [1.807, 2.05) is 29.6 Å². The predicted octanol–water partition coefficient (Wildman–Crippen LogP) is 4.17. The summed E-state index contributed by atoms with van der Waals surface area (Å²) in [5, 5.41) is 6.22. The molecule has 4 aromatic rings. The first-order valence-electron chi connectivity index (χ1n) is 9.62. The number of nitrogens with zero attached hydrogens (tertiary/aromatic N) is 3. The monoisotopic (exact) mass is 461 g/mol. The Balaban J connectivity index is 1.73. The highest BCUT2D eigenvalue weighted by Crippen LogP contribution is 2.24. The van der Waals surface area contributed by atoms with Crippen molar-refractivity contribution in [3.63, 3.8) is 0 Å². The van der Waals surface area contributed by atoms with Crippen molar-refractivity contribution in [3.05, 3.63) is 94.4 Å². The van der Waals surface area contributed by atoms with Crippen LogP contribution in [0.2, 0.25) is 0 Å². The molecule has 0 bridgehead atoms. The Morgan fingerprint density at radius 2 is 1.97 bits per heavy atom. The molecule has 0 aliphatic heterocycles. The van der Waals surface area contributed by atoms with E-state index >= 15 is 0 Å². The van der Waals surface area contributed by atoms with Crippen LogP contribution in [0.5, 0.6) is 0 Å². The topological polar surface area (TPSA) is 72.3 Å². The van der Waals surface area contributed by atoms with E-state index in [4.69, 9.17) is 6.42 Å². The van der Waals surface area contributed by atoms with Crippen LogP contribution >= 0.6 is 11.3 Å². The number of benzene rings is 2. The molecule has 1 amide bonds. The second kappa shape index (κ2) is 8.83. The summed E-state index contributed by atoms with van der Waals surface area (Å²) in [5.41, 5.74) is 2.05. The Hall–Kier alpha value is -3.67. The van der Waals surface area contributed by atoms with Gasteiger partial charge in [-0.15, -0.1) is 17.8 Å². The third-order valence-corrected chi connectivity index (χ3v) is 6.81. The van der Waals surface area contributed by atoms with E-state index in [9.17, 15) is 13.2 Å². The van der Waals surface area contributed by atoms with Gasteiger partial charge >= 0.3 is 0 Å². The fourth-order valence-electron chi connectivity index (χ4n) is 3.28. The summed E-state index contributed by atoms with van der Waals surface area (Å²) in [6, 6.07) is 17.7. The van der Waals surface area contributed by atoms with Crippen LogP contribution in [0.15, 0.2) is 83.3 Å². The number of para-hydroxylation sites is 1. The number of amides is 1. The Labute approximate surface area is 190 Å². The molecule has 0 aliphatic rings. The van der Waals surface area contributed by atoms with E-state index in [1.165, 1.54) is 16.9 Å². The molecule has 4 rings (SSSR count).